The van der Waals surface area contributed by atoms with E-state index in [4.69, 9.17) is 4.84 Å². The van der Waals surface area contributed by atoms with Gasteiger partial charge in [0.15, 0.2) is 5.82 Å². The molecule has 0 N–H and O–H groups in total. The largest absolute Gasteiger partial charge is 0.396 e. The van der Waals surface area contributed by atoms with Crippen molar-refractivity contribution in [2.75, 3.05) is 6.61 Å². The van der Waals surface area contributed by atoms with Crippen molar-refractivity contribution in [3.8, 4) is 11.5 Å². The second-order valence-corrected chi connectivity index (χ2v) is 6.77. The molecule has 144 valence electrons. The Kier molecular flexibility index (Phi) is 6.42. The van der Waals surface area contributed by atoms with Crippen molar-refractivity contribution < 1.29 is 4.84 Å². The number of oxime groups is 1. The molecule has 3 aromatic heterocycles. The van der Waals surface area contributed by atoms with Crippen LogP contribution in [0, 0.1) is 20.8 Å². The number of rotatable bonds is 7. The van der Waals surface area contributed by atoms with Crippen LogP contribution in [0.2, 0.25) is 0 Å². The lowest BCUT2D eigenvalue weighted by molar-refractivity contribution is 0.141. The van der Waals surface area contributed by atoms with E-state index in [0.29, 0.717) is 12.4 Å². The topological polar surface area (TPSA) is 73.2 Å². The lowest BCUT2D eigenvalue weighted by Crippen LogP contribution is -2.03. The van der Waals surface area contributed by atoms with Crippen molar-refractivity contribution in [2.45, 2.75) is 40.5 Å². The molecule has 0 aliphatic carbocycles. The molecule has 0 atom stereocenters. The van der Waals surface area contributed by atoms with E-state index in [1.54, 1.807) is 0 Å². The molecule has 0 aliphatic rings. The first-order valence-corrected chi connectivity index (χ1v) is 9.40. The zero-order chi connectivity index (χ0) is 19.9. The molecule has 0 saturated heterocycles. The number of hydrogen-bond acceptors (Lipinski definition) is 6. The van der Waals surface area contributed by atoms with Crippen LogP contribution >= 0.6 is 0 Å². The Labute approximate surface area is 165 Å². The smallest absolute Gasteiger partial charge is 0.178 e. The molecule has 3 rings (SSSR count). The minimum Gasteiger partial charge on any atom is -0.396 e. The van der Waals surface area contributed by atoms with Gasteiger partial charge in [-0.15, -0.1) is 0 Å². The maximum Gasteiger partial charge on any atom is 0.178 e. The third kappa shape index (κ3) is 5.42. The molecule has 0 aromatic carbocycles. The second-order valence-electron chi connectivity index (χ2n) is 6.77. The molecule has 0 amide bonds. The summed E-state index contributed by atoms with van der Waals surface area (Å²) in [6.07, 6.45) is 1.61. The van der Waals surface area contributed by atoms with Gasteiger partial charge in [-0.25, -0.2) is 15.0 Å². The third-order valence-electron chi connectivity index (χ3n) is 4.15. The first-order chi connectivity index (χ1) is 13.5. The van der Waals surface area contributed by atoms with Crippen LogP contribution < -0.4 is 0 Å². The van der Waals surface area contributed by atoms with E-state index < -0.39 is 0 Å². The van der Waals surface area contributed by atoms with Crippen LogP contribution in [0.3, 0.4) is 0 Å². The standard InChI is InChI=1S/C22H25N5O/c1-15-8-5-11-20(23-15)18(4)27-28-13-7-10-19-14-17(3)25-22(26-19)21-12-6-9-16(2)24-21/h5-6,8-9,11-12,14H,7,10,13H2,1-4H3/b27-18+. The summed E-state index contributed by atoms with van der Waals surface area (Å²) in [6.45, 7) is 8.32. The molecular formula is C22H25N5O. The summed E-state index contributed by atoms with van der Waals surface area (Å²) in [7, 11) is 0. The summed E-state index contributed by atoms with van der Waals surface area (Å²) >= 11 is 0. The Bertz CT molecular complexity index is 984. The number of aryl methyl sites for hydroxylation is 4. The highest BCUT2D eigenvalue weighted by Crippen LogP contribution is 2.15. The molecule has 6 heteroatoms. The predicted molar refractivity (Wildman–Crippen MR) is 110 cm³/mol. The van der Waals surface area contributed by atoms with Crippen LogP contribution in [0.4, 0.5) is 0 Å². The summed E-state index contributed by atoms with van der Waals surface area (Å²) < 4.78 is 0. The van der Waals surface area contributed by atoms with Gasteiger partial charge >= 0.3 is 0 Å². The number of pyridine rings is 2. The van der Waals surface area contributed by atoms with Gasteiger partial charge in [-0.05, 0) is 70.9 Å². The Hall–Kier alpha value is -3.15. The molecule has 0 bridgehead atoms. The SMILES string of the molecule is C/C(=N\OCCCc1cc(C)nc(-c2cccc(C)n2)n1)c1cccc(C)n1. The van der Waals surface area contributed by atoms with Crippen molar-refractivity contribution in [3.63, 3.8) is 0 Å². The summed E-state index contributed by atoms with van der Waals surface area (Å²) in [5.74, 6) is 0.666. The average molecular weight is 375 g/mol. The molecule has 0 aliphatic heterocycles. The molecule has 3 aromatic rings. The Morgan fingerprint density at radius 2 is 1.64 bits per heavy atom. The highest BCUT2D eigenvalue weighted by atomic mass is 16.6. The van der Waals surface area contributed by atoms with Crippen LogP contribution in [0.25, 0.3) is 11.5 Å². The molecule has 3 heterocycles. The fraction of sp³-hybridized carbons (Fsp3) is 0.318. The van der Waals surface area contributed by atoms with Crippen molar-refractivity contribution in [1.29, 1.82) is 0 Å². The minimum atomic E-state index is 0.518. The van der Waals surface area contributed by atoms with Gasteiger partial charge in [0.25, 0.3) is 0 Å². The first kappa shape index (κ1) is 19.6. The zero-order valence-corrected chi connectivity index (χ0v) is 16.8. The van der Waals surface area contributed by atoms with E-state index in [2.05, 4.69) is 25.1 Å². The Balaban J connectivity index is 1.57. The highest BCUT2D eigenvalue weighted by Gasteiger charge is 2.07. The normalized spacial score (nSPS) is 11.5. The first-order valence-electron chi connectivity index (χ1n) is 9.40. The van der Waals surface area contributed by atoms with E-state index in [-0.39, 0.29) is 0 Å². The van der Waals surface area contributed by atoms with Gasteiger partial charge in [0.2, 0.25) is 0 Å². The van der Waals surface area contributed by atoms with Crippen LogP contribution in [-0.2, 0) is 11.3 Å². The van der Waals surface area contributed by atoms with Crippen LogP contribution in [0.15, 0.2) is 47.6 Å². The maximum absolute atomic E-state index is 5.46. The molecule has 28 heavy (non-hydrogen) atoms. The molecule has 0 saturated carbocycles. The van der Waals surface area contributed by atoms with Crippen molar-refractivity contribution in [3.05, 3.63) is 70.9 Å². The van der Waals surface area contributed by atoms with Crippen molar-refractivity contribution in [1.82, 2.24) is 19.9 Å². The third-order valence-corrected chi connectivity index (χ3v) is 4.15. The van der Waals surface area contributed by atoms with E-state index in [0.717, 1.165) is 52.7 Å². The van der Waals surface area contributed by atoms with Gasteiger partial charge < -0.3 is 4.84 Å². The van der Waals surface area contributed by atoms with E-state index in [1.807, 2.05) is 70.2 Å². The molecule has 6 nitrogen and oxygen atoms in total. The zero-order valence-electron chi connectivity index (χ0n) is 16.8. The summed E-state index contributed by atoms with van der Waals surface area (Å²) in [4.78, 5) is 23.6. The maximum atomic E-state index is 5.46. The summed E-state index contributed by atoms with van der Waals surface area (Å²) in [5.41, 5.74) is 6.24. The molecule has 0 fully saturated rings. The average Bonchev–Trinajstić information content (AvgIpc) is 2.67. The van der Waals surface area contributed by atoms with E-state index in [1.165, 1.54) is 0 Å². The van der Waals surface area contributed by atoms with Crippen LogP contribution in [0.1, 0.15) is 41.8 Å². The van der Waals surface area contributed by atoms with Gasteiger partial charge in [0.1, 0.15) is 18.0 Å². The Morgan fingerprint density at radius 3 is 2.39 bits per heavy atom. The molecule has 0 radical (unpaired) electrons. The van der Waals surface area contributed by atoms with Crippen molar-refractivity contribution in [2.24, 2.45) is 5.16 Å². The second kappa shape index (κ2) is 9.17. The number of aromatic nitrogens is 4. The lowest BCUT2D eigenvalue weighted by atomic mass is 10.2. The quantitative estimate of drug-likeness (QED) is 0.351. The van der Waals surface area contributed by atoms with Gasteiger partial charge in [-0.3, -0.25) is 4.98 Å². The fourth-order valence-electron chi connectivity index (χ4n) is 2.80. The number of nitrogens with zero attached hydrogens (tertiary/aromatic N) is 5. The summed E-state index contributed by atoms with van der Waals surface area (Å²) in [6, 6.07) is 13.7. The monoisotopic (exact) mass is 375 g/mol. The summed E-state index contributed by atoms with van der Waals surface area (Å²) in [5, 5.41) is 4.17. The molecule has 0 spiro atoms. The lowest BCUT2D eigenvalue weighted by Gasteiger charge is -2.06. The minimum absolute atomic E-state index is 0.518. The van der Waals surface area contributed by atoms with E-state index >= 15 is 0 Å². The van der Waals surface area contributed by atoms with Gasteiger partial charge in [-0.2, -0.15) is 0 Å². The highest BCUT2D eigenvalue weighted by molar-refractivity contribution is 5.96. The van der Waals surface area contributed by atoms with Crippen LogP contribution in [0.5, 0.6) is 0 Å². The van der Waals surface area contributed by atoms with Gasteiger partial charge in [0, 0.05) is 22.8 Å². The van der Waals surface area contributed by atoms with Gasteiger partial charge in [0.05, 0.1) is 5.69 Å². The Morgan fingerprint density at radius 1 is 0.893 bits per heavy atom. The van der Waals surface area contributed by atoms with Crippen LogP contribution in [-0.4, -0.2) is 32.3 Å². The molecular weight excluding hydrogens is 350 g/mol. The van der Waals surface area contributed by atoms with Crippen molar-refractivity contribution >= 4 is 5.71 Å². The molecule has 0 unspecified atom stereocenters. The number of hydrogen-bond donors (Lipinski definition) is 0. The van der Waals surface area contributed by atoms with Gasteiger partial charge in [-0.1, -0.05) is 17.3 Å². The fourth-order valence-corrected chi connectivity index (χ4v) is 2.80. The predicted octanol–water partition coefficient (Wildman–Crippen LogP) is 4.23. The van der Waals surface area contributed by atoms with E-state index in [9.17, 15) is 0 Å².